The second kappa shape index (κ2) is 7.49. The van der Waals surface area contributed by atoms with Gasteiger partial charge in [-0.3, -0.25) is 4.79 Å². The van der Waals surface area contributed by atoms with E-state index >= 15 is 0 Å². The minimum Gasteiger partial charge on any atom is -0.339 e. The van der Waals surface area contributed by atoms with Gasteiger partial charge in [-0.15, -0.1) is 0 Å². The molecule has 25 heavy (non-hydrogen) atoms. The van der Waals surface area contributed by atoms with E-state index in [4.69, 9.17) is 16.1 Å². The third kappa shape index (κ3) is 4.25. The van der Waals surface area contributed by atoms with E-state index < -0.39 is 0 Å². The van der Waals surface area contributed by atoms with Gasteiger partial charge in [0.05, 0.1) is 5.02 Å². The van der Waals surface area contributed by atoms with Gasteiger partial charge in [-0.1, -0.05) is 35.0 Å². The minimum absolute atomic E-state index is 0.0965. The highest BCUT2D eigenvalue weighted by Gasteiger charge is 2.13. The monoisotopic (exact) mass is 355 g/mol. The van der Waals surface area contributed by atoms with Crippen molar-refractivity contribution in [1.82, 2.24) is 10.1 Å². The molecule has 0 unspecified atom stereocenters. The molecule has 0 bridgehead atoms. The Kier molecular flexibility index (Phi) is 5.14. The summed E-state index contributed by atoms with van der Waals surface area (Å²) in [4.78, 5) is 16.4. The first kappa shape index (κ1) is 17.2. The van der Waals surface area contributed by atoms with Crippen LogP contribution in [0, 0.1) is 13.8 Å². The lowest BCUT2D eigenvalue weighted by Crippen LogP contribution is -2.12. The fraction of sp³-hybridized carbons (Fsp3) is 0.211. The van der Waals surface area contributed by atoms with E-state index in [0.717, 1.165) is 11.3 Å². The summed E-state index contributed by atoms with van der Waals surface area (Å²) in [6, 6.07) is 13.1. The molecule has 0 saturated carbocycles. The lowest BCUT2D eigenvalue weighted by Gasteiger charge is -2.06. The van der Waals surface area contributed by atoms with E-state index in [-0.39, 0.29) is 12.3 Å². The summed E-state index contributed by atoms with van der Waals surface area (Å²) in [6.07, 6.45) is 0.630. The molecule has 0 saturated heterocycles. The number of carbonyl (C=O) groups excluding carboxylic acids is 1. The molecule has 1 heterocycles. The molecule has 1 aromatic heterocycles. The predicted octanol–water partition coefficient (Wildman–Crippen LogP) is 4.58. The molecule has 5 nitrogen and oxygen atoms in total. The average molecular weight is 356 g/mol. The maximum Gasteiger partial charge on any atom is 0.227 e. The highest BCUT2D eigenvalue weighted by Crippen LogP contribution is 2.25. The van der Waals surface area contributed by atoms with Crippen molar-refractivity contribution in [2.45, 2.75) is 26.7 Å². The van der Waals surface area contributed by atoms with E-state index in [0.29, 0.717) is 28.7 Å². The number of aryl methyl sites for hydroxylation is 3. The Hall–Kier alpha value is -2.66. The Morgan fingerprint density at radius 1 is 1.16 bits per heavy atom. The van der Waals surface area contributed by atoms with Crippen molar-refractivity contribution >= 4 is 23.2 Å². The molecule has 0 aliphatic carbocycles. The number of anilines is 1. The number of rotatable bonds is 5. The Bertz CT molecular complexity index is 905. The molecular weight excluding hydrogens is 338 g/mol. The zero-order valence-electron chi connectivity index (χ0n) is 14.0. The summed E-state index contributed by atoms with van der Waals surface area (Å²) < 4.78 is 5.21. The zero-order valence-corrected chi connectivity index (χ0v) is 14.8. The van der Waals surface area contributed by atoms with Crippen LogP contribution < -0.4 is 5.32 Å². The number of benzene rings is 2. The third-order valence-corrected chi connectivity index (χ3v) is 4.27. The van der Waals surface area contributed by atoms with Crippen LogP contribution in [0.1, 0.15) is 23.4 Å². The van der Waals surface area contributed by atoms with Gasteiger partial charge < -0.3 is 9.84 Å². The first-order valence-electron chi connectivity index (χ1n) is 7.97. The van der Waals surface area contributed by atoms with Gasteiger partial charge in [-0.05, 0) is 49.2 Å². The average Bonchev–Trinajstić information content (AvgIpc) is 3.05. The molecule has 0 aliphatic heterocycles. The summed E-state index contributed by atoms with van der Waals surface area (Å²) in [7, 11) is 0. The highest BCUT2D eigenvalue weighted by molar-refractivity contribution is 6.33. The topological polar surface area (TPSA) is 68.0 Å². The van der Waals surface area contributed by atoms with Crippen LogP contribution >= 0.6 is 11.6 Å². The van der Waals surface area contributed by atoms with Crippen molar-refractivity contribution in [1.29, 1.82) is 0 Å². The zero-order chi connectivity index (χ0) is 17.8. The first-order valence-corrected chi connectivity index (χ1v) is 8.35. The molecule has 128 valence electrons. The van der Waals surface area contributed by atoms with Gasteiger partial charge in [0, 0.05) is 24.1 Å². The van der Waals surface area contributed by atoms with Crippen LogP contribution in [0.5, 0.6) is 0 Å². The largest absolute Gasteiger partial charge is 0.339 e. The molecule has 0 atom stereocenters. The van der Waals surface area contributed by atoms with Gasteiger partial charge >= 0.3 is 0 Å². The minimum atomic E-state index is -0.0965. The fourth-order valence-corrected chi connectivity index (χ4v) is 2.59. The number of nitrogens with one attached hydrogen (secondary N) is 1. The van der Waals surface area contributed by atoms with Crippen LogP contribution in [-0.4, -0.2) is 16.0 Å². The first-order chi connectivity index (χ1) is 12.0. The van der Waals surface area contributed by atoms with Crippen LogP contribution in [0.2, 0.25) is 5.02 Å². The maximum absolute atomic E-state index is 12.1. The van der Waals surface area contributed by atoms with Gasteiger partial charge in [0.2, 0.25) is 17.6 Å². The van der Waals surface area contributed by atoms with Crippen molar-refractivity contribution in [3.05, 3.63) is 64.5 Å². The van der Waals surface area contributed by atoms with Crippen molar-refractivity contribution in [2.24, 2.45) is 0 Å². The van der Waals surface area contributed by atoms with E-state index in [2.05, 4.69) is 15.5 Å². The van der Waals surface area contributed by atoms with E-state index in [9.17, 15) is 4.79 Å². The van der Waals surface area contributed by atoms with Crippen molar-refractivity contribution in [3.63, 3.8) is 0 Å². The van der Waals surface area contributed by atoms with Crippen LogP contribution in [0.15, 0.2) is 47.0 Å². The maximum atomic E-state index is 12.1. The second-order valence-electron chi connectivity index (χ2n) is 5.84. The molecule has 2 aromatic carbocycles. The SMILES string of the molecule is Cc1ccc(NC(=O)CCc2nc(-c3ccccc3Cl)no2)cc1C. The quantitative estimate of drug-likeness (QED) is 0.727. The summed E-state index contributed by atoms with van der Waals surface area (Å²) in [5, 5.41) is 7.36. The lowest BCUT2D eigenvalue weighted by molar-refractivity contribution is -0.116. The van der Waals surface area contributed by atoms with Crippen molar-refractivity contribution < 1.29 is 9.32 Å². The smallest absolute Gasteiger partial charge is 0.227 e. The number of amides is 1. The molecule has 1 amide bonds. The van der Waals surface area contributed by atoms with Crippen LogP contribution in [0.25, 0.3) is 11.4 Å². The Labute approximate surface area is 151 Å². The molecule has 6 heteroatoms. The van der Waals surface area contributed by atoms with Gasteiger partial charge in [-0.2, -0.15) is 4.98 Å². The van der Waals surface area contributed by atoms with E-state index in [1.165, 1.54) is 5.56 Å². The summed E-state index contributed by atoms with van der Waals surface area (Å²) in [5.74, 6) is 0.737. The molecule has 0 aliphatic rings. The number of nitrogens with zero attached hydrogens (tertiary/aromatic N) is 2. The molecule has 0 fully saturated rings. The second-order valence-corrected chi connectivity index (χ2v) is 6.25. The Morgan fingerprint density at radius 2 is 1.96 bits per heavy atom. The summed E-state index contributed by atoms with van der Waals surface area (Å²) in [5.41, 5.74) is 3.82. The lowest BCUT2D eigenvalue weighted by atomic mass is 10.1. The molecule has 1 N–H and O–H groups in total. The standard InChI is InChI=1S/C19H18ClN3O2/c1-12-7-8-14(11-13(12)2)21-17(24)9-10-18-22-19(23-25-18)15-5-3-4-6-16(15)20/h3-8,11H,9-10H2,1-2H3,(H,21,24). The van der Waals surface area contributed by atoms with Gasteiger partial charge in [0.15, 0.2) is 0 Å². The Morgan fingerprint density at radius 3 is 2.72 bits per heavy atom. The van der Waals surface area contributed by atoms with Gasteiger partial charge in [-0.25, -0.2) is 0 Å². The van der Waals surface area contributed by atoms with E-state index in [1.807, 2.05) is 50.2 Å². The predicted molar refractivity (Wildman–Crippen MR) is 97.6 cm³/mol. The molecule has 0 spiro atoms. The number of hydrogen-bond donors (Lipinski definition) is 1. The Balaban J connectivity index is 1.59. The normalized spacial score (nSPS) is 10.7. The van der Waals surface area contributed by atoms with Gasteiger partial charge in [0.25, 0.3) is 0 Å². The number of hydrogen-bond acceptors (Lipinski definition) is 4. The molecule has 0 radical (unpaired) electrons. The number of carbonyl (C=O) groups is 1. The van der Waals surface area contributed by atoms with Gasteiger partial charge in [0.1, 0.15) is 0 Å². The molecule has 3 aromatic rings. The third-order valence-electron chi connectivity index (χ3n) is 3.94. The van der Waals surface area contributed by atoms with Crippen LogP contribution in [0.4, 0.5) is 5.69 Å². The molecular formula is C19H18ClN3O2. The summed E-state index contributed by atoms with van der Waals surface area (Å²) in [6.45, 7) is 4.05. The number of halogens is 1. The van der Waals surface area contributed by atoms with Crippen LogP contribution in [0.3, 0.4) is 0 Å². The molecule has 3 rings (SSSR count). The van der Waals surface area contributed by atoms with E-state index in [1.54, 1.807) is 6.07 Å². The number of aromatic nitrogens is 2. The summed E-state index contributed by atoms with van der Waals surface area (Å²) >= 11 is 6.12. The van der Waals surface area contributed by atoms with Crippen molar-refractivity contribution in [3.8, 4) is 11.4 Å². The fourth-order valence-electron chi connectivity index (χ4n) is 2.37. The van der Waals surface area contributed by atoms with Crippen molar-refractivity contribution in [2.75, 3.05) is 5.32 Å². The highest BCUT2D eigenvalue weighted by atomic mass is 35.5. The van der Waals surface area contributed by atoms with Crippen LogP contribution in [-0.2, 0) is 11.2 Å².